The second-order valence-electron chi connectivity index (χ2n) is 4.68. The van der Waals surface area contributed by atoms with Gasteiger partial charge in [-0.05, 0) is 24.1 Å². The van der Waals surface area contributed by atoms with E-state index >= 15 is 0 Å². The van der Waals surface area contributed by atoms with Crippen LogP contribution in [0.4, 0.5) is 0 Å². The average Bonchev–Trinajstić information content (AvgIpc) is 2.81. The zero-order valence-corrected chi connectivity index (χ0v) is 12.2. The number of amides is 1. The highest BCUT2D eigenvalue weighted by molar-refractivity contribution is 6.30. The van der Waals surface area contributed by atoms with Gasteiger partial charge in [0.15, 0.2) is 0 Å². The van der Waals surface area contributed by atoms with Gasteiger partial charge in [0.05, 0.1) is 5.92 Å². The highest BCUT2D eigenvalue weighted by Crippen LogP contribution is 2.28. The molecule has 0 aliphatic carbocycles. The van der Waals surface area contributed by atoms with Crippen molar-refractivity contribution in [3.05, 3.63) is 34.9 Å². The number of rotatable bonds is 4. The van der Waals surface area contributed by atoms with Crippen LogP contribution < -0.4 is 5.73 Å². The van der Waals surface area contributed by atoms with Crippen molar-refractivity contribution in [1.82, 2.24) is 4.90 Å². The molecule has 0 saturated carbocycles. The highest BCUT2D eigenvalue weighted by Gasteiger charge is 2.35. The van der Waals surface area contributed by atoms with Crippen LogP contribution in [0.2, 0.25) is 5.02 Å². The van der Waals surface area contributed by atoms with Gasteiger partial charge in [0.25, 0.3) is 0 Å². The first-order valence-corrected chi connectivity index (χ1v) is 6.38. The summed E-state index contributed by atoms with van der Waals surface area (Å²) in [7, 11) is 0. The molecular weight excluding hydrogens is 303 g/mol. The quantitative estimate of drug-likeness (QED) is 0.885. The molecule has 110 valence electrons. The van der Waals surface area contributed by atoms with Crippen molar-refractivity contribution in [2.75, 3.05) is 13.1 Å². The third-order valence-electron chi connectivity index (χ3n) is 3.39. The largest absolute Gasteiger partial charge is 0.481 e. The fourth-order valence-corrected chi connectivity index (χ4v) is 2.55. The lowest BCUT2D eigenvalue weighted by Crippen LogP contribution is -2.37. The van der Waals surface area contributed by atoms with Crippen LogP contribution in [0.15, 0.2) is 24.3 Å². The number of aliphatic carboxylic acids is 1. The first-order valence-electron chi connectivity index (χ1n) is 6.00. The Morgan fingerprint density at radius 3 is 2.40 bits per heavy atom. The van der Waals surface area contributed by atoms with Crippen molar-refractivity contribution in [3.8, 4) is 0 Å². The number of likely N-dealkylation sites (tertiary alicyclic amines) is 1. The molecule has 0 radical (unpaired) electrons. The molecule has 0 aromatic heterocycles. The fraction of sp³-hybridized carbons (Fsp3) is 0.385. The van der Waals surface area contributed by atoms with Gasteiger partial charge >= 0.3 is 5.97 Å². The summed E-state index contributed by atoms with van der Waals surface area (Å²) in [6.07, 6.45) is 0.534. The van der Waals surface area contributed by atoms with Crippen molar-refractivity contribution >= 4 is 35.9 Å². The first-order chi connectivity index (χ1) is 8.99. The van der Waals surface area contributed by atoms with E-state index in [1.54, 1.807) is 24.3 Å². The molecule has 1 aliphatic heterocycles. The van der Waals surface area contributed by atoms with Gasteiger partial charge in [0, 0.05) is 18.1 Å². The molecule has 7 heteroatoms. The number of hydrogen-bond acceptors (Lipinski definition) is 3. The molecule has 1 aliphatic rings. The van der Waals surface area contributed by atoms with Gasteiger partial charge in [0.1, 0.15) is 6.04 Å². The summed E-state index contributed by atoms with van der Waals surface area (Å²) >= 11 is 5.81. The summed E-state index contributed by atoms with van der Waals surface area (Å²) in [5.41, 5.74) is 6.19. The normalized spacial score (nSPS) is 20.1. The third kappa shape index (κ3) is 3.62. The number of carboxylic acids is 1. The number of nitrogens with two attached hydrogens (primary N) is 1. The van der Waals surface area contributed by atoms with Crippen LogP contribution in [0.3, 0.4) is 0 Å². The lowest BCUT2D eigenvalue weighted by molar-refractivity contribution is -0.141. The minimum Gasteiger partial charge on any atom is -0.481 e. The van der Waals surface area contributed by atoms with Crippen LogP contribution in [0, 0.1) is 5.92 Å². The minimum absolute atomic E-state index is 0. The Labute approximate surface area is 128 Å². The Kier molecular flexibility index (Phi) is 5.80. The number of carbonyl (C=O) groups excluding carboxylic acids is 1. The molecule has 1 aromatic rings. The van der Waals surface area contributed by atoms with Crippen molar-refractivity contribution in [2.24, 2.45) is 11.7 Å². The summed E-state index contributed by atoms with van der Waals surface area (Å²) in [6, 6.07) is 6.27. The lowest BCUT2D eigenvalue weighted by Gasteiger charge is -2.25. The Morgan fingerprint density at radius 1 is 1.35 bits per heavy atom. The second-order valence-corrected chi connectivity index (χ2v) is 5.11. The van der Waals surface area contributed by atoms with Crippen LogP contribution in [0.25, 0.3) is 0 Å². The summed E-state index contributed by atoms with van der Waals surface area (Å²) < 4.78 is 0. The standard InChI is InChI=1S/C13H15ClN2O3.ClH/c14-10-3-1-8(2-4-10)11(12(15)17)16-6-5-9(7-16)13(18)19;/h1-4,9,11H,5-7H2,(H2,15,17)(H,18,19);1H. The Morgan fingerprint density at radius 2 is 1.95 bits per heavy atom. The highest BCUT2D eigenvalue weighted by atomic mass is 35.5. The van der Waals surface area contributed by atoms with E-state index in [0.717, 1.165) is 5.56 Å². The maximum Gasteiger partial charge on any atom is 0.307 e. The van der Waals surface area contributed by atoms with E-state index in [4.69, 9.17) is 22.4 Å². The zero-order chi connectivity index (χ0) is 14.0. The minimum atomic E-state index is -0.832. The van der Waals surface area contributed by atoms with E-state index in [2.05, 4.69) is 0 Å². The van der Waals surface area contributed by atoms with E-state index in [-0.39, 0.29) is 12.4 Å². The molecule has 0 bridgehead atoms. The second kappa shape index (κ2) is 6.92. The fourth-order valence-electron chi connectivity index (χ4n) is 2.42. The number of benzene rings is 1. The van der Waals surface area contributed by atoms with Gasteiger partial charge in [-0.25, -0.2) is 0 Å². The number of halogens is 2. The first kappa shape index (κ1) is 16.8. The van der Waals surface area contributed by atoms with Crippen LogP contribution >= 0.6 is 24.0 Å². The molecule has 0 spiro atoms. The topological polar surface area (TPSA) is 83.6 Å². The number of nitrogens with zero attached hydrogens (tertiary/aromatic N) is 1. The van der Waals surface area contributed by atoms with Crippen LogP contribution in [0.5, 0.6) is 0 Å². The molecule has 2 unspecified atom stereocenters. The average molecular weight is 319 g/mol. The molecule has 1 saturated heterocycles. The monoisotopic (exact) mass is 318 g/mol. The van der Waals surface area contributed by atoms with Gasteiger partial charge in [-0.2, -0.15) is 0 Å². The maximum atomic E-state index is 11.6. The molecule has 1 aromatic carbocycles. The molecular formula is C13H16Cl2N2O3. The molecule has 3 N–H and O–H groups in total. The zero-order valence-electron chi connectivity index (χ0n) is 10.7. The SMILES string of the molecule is Cl.NC(=O)C(c1ccc(Cl)cc1)N1CCC(C(=O)O)C1. The van der Waals surface area contributed by atoms with Crippen molar-refractivity contribution in [1.29, 1.82) is 0 Å². The van der Waals surface area contributed by atoms with Crippen LogP contribution in [0.1, 0.15) is 18.0 Å². The summed E-state index contributed by atoms with van der Waals surface area (Å²) in [5, 5.41) is 9.58. The van der Waals surface area contributed by atoms with Crippen molar-refractivity contribution < 1.29 is 14.7 Å². The number of carbonyl (C=O) groups is 2. The molecule has 5 nitrogen and oxygen atoms in total. The summed E-state index contributed by atoms with van der Waals surface area (Å²) in [4.78, 5) is 24.4. The maximum absolute atomic E-state index is 11.6. The summed E-state index contributed by atoms with van der Waals surface area (Å²) in [5.74, 6) is -1.75. The van der Waals surface area contributed by atoms with Gasteiger partial charge in [-0.3, -0.25) is 14.5 Å². The number of hydrogen-bond donors (Lipinski definition) is 2. The molecule has 2 atom stereocenters. The number of primary amides is 1. The Bertz CT molecular complexity index is 493. The Hall–Kier alpha value is -1.30. The molecule has 2 rings (SSSR count). The predicted octanol–water partition coefficient (Wildman–Crippen LogP) is 1.69. The molecule has 1 amide bonds. The van der Waals surface area contributed by atoms with E-state index < -0.39 is 23.8 Å². The van der Waals surface area contributed by atoms with Gasteiger partial charge < -0.3 is 10.8 Å². The van der Waals surface area contributed by atoms with E-state index in [1.165, 1.54) is 0 Å². The third-order valence-corrected chi connectivity index (χ3v) is 3.64. The number of carboxylic acid groups (broad SMARTS) is 1. The molecule has 1 fully saturated rings. The molecule has 1 heterocycles. The van der Waals surface area contributed by atoms with Crippen LogP contribution in [-0.2, 0) is 9.59 Å². The molecule has 20 heavy (non-hydrogen) atoms. The van der Waals surface area contributed by atoms with Crippen LogP contribution in [-0.4, -0.2) is 35.0 Å². The van der Waals surface area contributed by atoms with Crippen molar-refractivity contribution in [3.63, 3.8) is 0 Å². The van der Waals surface area contributed by atoms with E-state index in [0.29, 0.717) is 24.5 Å². The van der Waals surface area contributed by atoms with E-state index in [1.807, 2.05) is 4.90 Å². The lowest BCUT2D eigenvalue weighted by atomic mass is 10.0. The van der Waals surface area contributed by atoms with E-state index in [9.17, 15) is 9.59 Å². The van der Waals surface area contributed by atoms with Gasteiger partial charge in [0.2, 0.25) is 5.91 Å². The predicted molar refractivity (Wildman–Crippen MR) is 78.0 cm³/mol. The van der Waals surface area contributed by atoms with Crippen molar-refractivity contribution in [2.45, 2.75) is 12.5 Å². The van der Waals surface area contributed by atoms with Gasteiger partial charge in [-0.1, -0.05) is 23.7 Å². The summed E-state index contributed by atoms with van der Waals surface area (Å²) in [6.45, 7) is 0.888. The smallest absolute Gasteiger partial charge is 0.307 e. The Balaban J connectivity index is 0.00000200. The van der Waals surface area contributed by atoms with Gasteiger partial charge in [-0.15, -0.1) is 12.4 Å².